The van der Waals surface area contributed by atoms with Gasteiger partial charge in [0.2, 0.25) is 0 Å². The highest BCUT2D eigenvalue weighted by Gasteiger charge is 2.15. The average Bonchev–Trinajstić information content (AvgIpc) is 2.73. The smallest absolute Gasteiger partial charge is 0.313 e. The summed E-state index contributed by atoms with van der Waals surface area (Å²) in [7, 11) is 1.64. The van der Waals surface area contributed by atoms with Gasteiger partial charge in [-0.05, 0) is 25.1 Å². The quantitative estimate of drug-likeness (QED) is 0.831. The number of rotatable bonds is 6. The molecule has 0 aliphatic heterocycles. The van der Waals surface area contributed by atoms with Crippen molar-refractivity contribution in [2.75, 3.05) is 12.9 Å². The zero-order valence-electron chi connectivity index (χ0n) is 11.2. The Hall–Kier alpha value is -1.24. The molecule has 2 rings (SSSR count). The van der Waals surface area contributed by atoms with E-state index in [0.29, 0.717) is 16.7 Å². The van der Waals surface area contributed by atoms with E-state index in [2.05, 4.69) is 4.98 Å². The van der Waals surface area contributed by atoms with Gasteiger partial charge < -0.3 is 14.4 Å². The molecule has 108 valence electrons. The lowest BCUT2D eigenvalue weighted by molar-refractivity contribution is -0.133. The van der Waals surface area contributed by atoms with Crippen LogP contribution < -0.4 is 0 Å². The number of hydrogen-bond donors (Lipinski definition) is 1. The fourth-order valence-electron chi connectivity index (χ4n) is 1.83. The zero-order chi connectivity index (χ0) is 14.7. The fourth-order valence-corrected chi connectivity index (χ4v) is 2.74. The number of ether oxygens (including phenoxy) is 1. The first kappa shape index (κ1) is 15.2. The third-order valence-corrected chi connectivity index (χ3v) is 4.04. The van der Waals surface area contributed by atoms with Crippen LogP contribution in [0.15, 0.2) is 23.4 Å². The van der Waals surface area contributed by atoms with Crippen LogP contribution >= 0.6 is 23.4 Å². The molecule has 1 aromatic carbocycles. The number of halogens is 1. The topological polar surface area (TPSA) is 64.3 Å². The molecule has 0 saturated heterocycles. The minimum Gasteiger partial charge on any atom is -0.481 e. The molecule has 0 fully saturated rings. The lowest BCUT2D eigenvalue weighted by Crippen LogP contribution is -2.15. The molecule has 0 bridgehead atoms. The second kappa shape index (κ2) is 6.47. The van der Waals surface area contributed by atoms with Gasteiger partial charge in [-0.25, -0.2) is 4.98 Å². The second-order valence-corrected chi connectivity index (χ2v) is 5.75. The molecule has 0 aliphatic rings. The van der Waals surface area contributed by atoms with Gasteiger partial charge in [-0.15, -0.1) is 0 Å². The van der Waals surface area contributed by atoms with E-state index in [1.165, 1.54) is 11.8 Å². The Morgan fingerprint density at radius 2 is 2.35 bits per heavy atom. The third kappa shape index (κ3) is 3.45. The highest BCUT2D eigenvalue weighted by Crippen LogP contribution is 2.26. The van der Waals surface area contributed by atoms with Gasteiger partial charge in [0.15, 0.2) is 5.16 Å². The molecule has 0 spiro atoms. The summed E-state index contributed by atoms with van der Waals surface area (Å²) in [5.41, 5.74) is 1.68. The van der Waals surface area contributed by atoms with Crippen molar-refractivity contribution in [2.45, 2.75) is 24.7 Å². The maximum atomic E-state index is 10.7. The van der Waals surface area contributed by atoms with E-state index in [0.717, 1.165) is 11.0 Å². The normalized spacial score (nSPS) is 12.8. The Bertz CT molecular complexity index is 629. The van der Waals surface area contributed by atoms with Crippen molar-refractivity contribution in [1.29, 1.82) is 0 Å². The molecule has 0 aliphatic carbocycles. The molecule has 1 atom stereocenters. The number of carbonyl (C=O) groups is 1. The summed E-state index contributed by atoms with van der Waals surface area (Å²) < 4.78 is 7.24. The van der Waals surface area contributed by atoms with Gasteiger partial charge in [-0.1, -0.05) is 23.4 Å². The molecule has 0 amide bonds. The van der Waals surface area contributed by atoms with E-state index in [-0.39, 0.29) is 11.9 Å². The van der Waals surface area contributed by atoms with Gasteiger partial charge >= 0.3 is 5.97 Å². The number of fused-ring (bicyclic) bond motifs is 1. The molecule has 2 aromatic rings. The number of hydrogen-bond acceptors (Lipinski definition) is 4. The standard InChI is InChI=1S/C13H15ClN2O3S/c1-8(19-2)6-16-11-4-3-9(14)5-10(11)15-13(16)20-7-12(17)18/h3-5,8H,6-7H2,1-2H3,(H,17,18). The summed E-state index contributed by atoms with van der Waals surface area (Å²) in [5, 5.41) is 10.1. The van der Waals surface area contributed by atoms with E-state index in [4.69, 9.17) is 21.4 Å². The number of carboxylic acid groups (broad SMARTS) is 1. The molecule has 1 unspecified atom stereocenters. The van der Waals surface area contributed by atoms with Crippen LogP contribution in [-0.4, -0.2) is 39.6 Å². The Kier molecular flexibility index (Phi) is 4.91. The number of methoxy groups -OCH3 is 1. The van der Waals surface area contributed by atoms with E-state index in [1.807, 2.05) is 17.6 Å². The zero-order valence-corrected chi connectivity index (χ0v) is 12.7. The molecule has 1 N–H and O–H groups in total. The summed E-state index contributed by atoms with van der Waals surface area (Å²) in [5.74, 6) is -0.898. The van der Waals surface area contributed by atoms with Crippen molar-refractivity contribution in [3.63, 3.8) is 0 Å². The van der Waals surface area contributed by atoms with Gasteiger partial charge in [-0.3, -0.25) is 4.79 Å². The maximum absolute atomic E-state index is 10.7. The Morgan fingerprint density at radius 3 is 3.00 bits per heavy atom. The Morgan fingerprint density at radius 1 is 1.60 bits per heavy atom. The van der Waals surface area contributed by atoms with Crippen molar-refractivity contribution in [1.82, 2.24) is 9.55 Å². The van der Waals surface area contributed by atoms with Crippen molar-refractivity contribution in [3.05, 3.63) is 23.2 Å². The largest absolute Gasteiger partial charge is 0.481 e. The highest BCUT2D eigenvalue weighted by molar-refractivity contribution is 7.99. The van der Waals surface area contributed by atoms with Crippen LogP contribution in [0.4, 0.5) is 0 Å². The van der Waals surface area contributed by atoms with E-state index < -0.39 is 5.97 Å². The molecule has 1 heterocycles. The molecular weight excluding hydrogens is 300 g/mol. The molecule has 5 nitrogen and oxygen atoms in total. The Labute approximate surface area is 125 Å². The first-order chi connectivity index (χ1) is 9.51. The van der Waals surface area contributed by atoms with Crippen LogP contribution in [0.1, 0.15) is 6.92 Å². The number of imidazole rings is 1. The Balaban J connectivity index is 2.41. The van der Waals surface area contributed by atoms with Crippen LogP contribution in [0, 0.1) is 0 Å². The molecule has 7 heteroatoms. The second-order valence-electron chi connectivity index (χ2n) is 4.37. The van der Waals surface area contributed by atoms with Crippen LogP contribution in [0.3, 0.4) is 0 Å². The summed E-state index contributed by atoms with van der Waals surface area (Å²) >= 11 is 7.16. The summed E-state index contributed by atoms with van der Waals surface area (Å²) in [6, 6.07) is 5.46. The van der Waals surface area contributed by atoms with Gasteiger partial charge in [0.1, 0.15) is 0 Å². The summed E-state index contributed by atoms with van der Waals surface area (Å²) in [6.07, 6.45) is 0.00672. The maximum Gasteiger partial charge on any atom is 0.313 e. The van der Waals surface area contributed by atoms with Crippen molar-refractivity contribution < 1.29 is 14.6 Å². The van der Waals surface area contributed by atoms with E-state index >= 15 is 0 Å². The van der Waals surface area contributed by atoms with Crippen LogP contribution in [0.25, 0.3) is 11.0 Å². The van der Waals surface area contributed by atoms with Crippen LogP contribution in [0.2, 0.25) is 5.02 Å². The molecule has 1 aromatic heterocycles. The minimum atomic E-state index is -0.869. The third-order valence-electron chi connectivity index (χ3n) is 2.84. The van der Waals surface area contributed by atoms with Crippen molar-refractivity contribution >= 4 is 40.4 Å². The first-order valence-electron chi connectivity index (χ1n) is 6.04. The monoisotopic (exact) mass is 314 g/mol. The number of aliphatic carboxylic acids is 1. The van der Waals surface area contributed by atoms with E-state index in [1.54, 1.807) is 19.2 Å². The molecule has 20 heavy (non-hydrogen) atoms. The van der Waals surface area contributed by atoms with Gasteiger partial charge in [-0.2, -0.15) is 0 Å². The lowest BCUT2D eigenvalue weighted by Gasteiger charge is -2.13. The first-order valence-corrected chi connectivity index (χ1v) is 7.40. The molecule has 0 saturated carbocycles. The number of benzene rings is 1. The number of thioether (sulfide) groups is 1. The fraction of sp³-hybridized carbons (Fsp3) is 0.385. The number of aromatic nitrogens is 2. The predicted molar refractivity (Wildman–Crippen MR) is 79.6 cm³/mol. The van der Waals surface area contributed by atoms with Gasteiger partial charge in [0, 0.05) is 12.1 Å². The van der Waals surface area contributed by atoms with Gasteiger partial charge in [0.25, 0.3) is 0 Å². The highest BCUT2D eigenvalue weighted by atomic mass is 35.5. The van der Waals surface area contributed by atoms with E-state index in [9.17, 15) is 4.79 Å². The number of carboxylic acids is 1. The average molecular weight is 315 g/mol. The lowest BCUT2D eigenvalue weighted by atomic mass is 10.3. The SMILES string of the molecule is COC(C)Cn1c(SCC(=O)O)nc2cc(Cl)ccc21. The van der Waals surface area contributed by atoms with Crippen LogP contribution in [0.5, 0.6) is 0 Å². The van der Waals surface area contributed by atoms with Crippen LogP contribution in [-0.2, 0) is 16.1 Å². The van der Waals surface area contributed by atoms with Crippen molar-refractivity contribution in [2.24, 2.45) is 0 Å². The minimum absolute atomic E-state index is 0.00672. The molecule has 0 radical (unpaired) electrons. The predicted octanol–water partition coefficient (Wildman–Crippen LogP) is 2.90. The summed E-state index contributed by atoms with van der Waals surface area (Å²) in [4.78, 5) is 15.2. The van der Waals surface area contributed by atoms with Gasteiger partial charge in [0.05, 0.1) is 29.4 Å². The number of nitrogens with zero attached hydrogens (tertiary/aromatic N) is 2. The molecular formula is C13H15ClN2O3S. The van der Waals surface area contributed by atoms with Crippen molar-refractivity contribution in [3.8, 4) is 0 Å². The summed E-state index contributed by atoms with van der Waals surface area (Å²) in [6.45, 7) is 2.56.